The van der Waals surface area contributed by atoms with Crippen molar-refractivity contribution < 1.29 is 9.59 Å². The number of carbonyl (C=O) groups is 2. The Hall–Kier alpha value is -5.70. The van der Waals surface area contributed by atoms with Crippen LogP contribution in [0.1, 0.15) is 26.3 Å². The van der Waals surface area contributed by atoms with Crippen LogP contribution in [0.15, 0.2) is 116 Å². The molecule has 0 aliphatic rings. The summed E-state index contributed by atoms with van der Waals surface area (Å²) < 4.78 is 1.97. The Labute approximate surface area is 242 Å². The van der Waals surface area contributed by atoms with E-state index in [0.717, 1.165) is 22.2 Å². The molecule has 0 saturated heterocycles. The fourth-order valence-corrected chi connectivity index (χ4v) is 4.76. The fraction of sp³-hybridized carbons (Fsp3) is 0.0909. The SMILES string of the molecule is CN(C(=O)c1ccccc1)c1ccc2c(c1)nc(NC(=O)c1cncc(-c3cccnc3)c1)n2CCc1cccnc1. The highest BCUT2D eigenvalue weighted by Crippen LogP contribution is 2.27. The van der Waals surface area contributed by atoms with Crippen molar-refractivity contribution >= 4 is 34.5 Å². The van der Waals surface area contributed by atoms with E-state index in [9.17, 15) is 9.59 Å². The normalized spacial score (nSPS) is 10.9. The second-order valence-corrected chi connectivity index (χ2v) is 9.76. The summed E-state index contributed by atoms with van der Waals surface area (Å²) in [5.74, 6) is -0.0527. The molecule has 9 nitrogen and oxygen atoms in total. The number of nitrogens with one attached hydrogen (secondary N) is 1. The van der Waals surface area contributed by atoms with Gasteiger partial charge in [-0.05, 0) is 60.5 Å². The standard InChI is InChI=1S/C33H27N7O2/c1-39(32(42)24-8-3-2-4-9-24)28-11-12-30-29(18-28)37-33(40(30)16-13-23-7-5-14-34-19-23)38-31(41)27-17-26(21-36-22-27)25-10-6-15-35-20-25/h2-12,14-15,17-22H,13,16H2,1H3,(H,37,38,41). The van der Waals surface area contributed by atoms with Crippen LogP contribution in [0.4, 0.5) is 11.6 Å². The van der Waals surface area contributed by atoms with Gasteiger partial charge in [0.05, 0.1) is 16.6 Å². The van der Waals surface area contributed by atoms with Crippen LogP contribution in [-0.4, -0.2) is 43.4 Å². The lowest BCUT2D eigenvalue weighted by Crippen LogP contribution is -2.26. The van der Waals surface area contributed by atoms with Gasteiger partial charge in [0.25, 0.3) is 11.8 Å². The van der Waals surface area contributed by atoms with Gasteiger partial charge in [-0.3, -0.25) is 29.9 Å². The van der Waals surface area contributed by atoms with E-state index < -0.39 is 0 Å². The molecule has 6 rings (SSSR count). The number of aryl methyl sites for hydroxylation is 2. The summed E-state index contributed by atoms with van der Waals surface area (Å²) in [7, 11) is 1.74. The van der Waals surface area contributed by atoms with Crippen molar-refractivity contribution in [2.75, 3.05) is 17.3 Å². The number of hydrogen-bond donors (Lipinski definition) is 1. The molecule has 42 heavy (non-hydrogen) atoms. The molecule has 0 saturated carbocycles. The molecule has 6 aromatic rings. The Morgan fingerprint density at radius 1 is 0.786 bits per heavy atom. The lowest BCUT2D eigenvalue weighted by atomic mass is 10.1. The number of imidazole rings is 1. The monoisotopic (exact) mass is 553 g/mol. The van der Waals surface area contributed by atoms with E-state index in [1.165, 1.54) is 6.20 Å². The maximum absolute atomic E-state index is 13.4. The van der Waals surface area contributed by atoms with Crippen LogP contribution in [-0.2, 0) is 13.0 Å². The molecule has 0 aliphatic carbocycles. The van der Waals surface area contributed by atoms with E-state index in [2.05, 4.69) is 20.3 Å². The minimum absolute atomic E-state index is 0.125. The largest absolute Gasteiger partial charge is 0.311 e. The molecule has 4 aromatic heterocycles. The first-order valence-electron chi connectivity index (χ1n) is 13.5. The maximum atomic E-state index is 13.4. The van der Waals surface area contributed by atoms with Crippen LogP contribution in [0.2, 0.25) is 0 Å². The minimum atomic E-state index is -0.331. The lowest BCUT2D eigenvalue weighted by Gasteiger charge is -2.17. The number of benzene rings is 2. The Balaban J connectivity index is 1.32. The van der Waals surface area contributed by atoms with Gasteiger partial charge in [-0.25, -0.2) is 4.98 Å². The summed E-state index contributed by atoms with van der Waals surface area (Å²) in [5.41, 5.74) is 5.90. The zero-order chi connectivity index (χ0) is 28.9. The number of amides is 2. The molecule has 1 N–H and O–H groups in total. The molecule has 0 spiro atoms. The molecular weight excluding hydrogens is 526 g/mol. The number of fused-ring (bicyclic) bond motifs is 1. The number of nitrogens with zero attached hydrogens (tertiary/aromatic N) is 6. The molecule has 4 heterocycles. The molecule has 0 aliphatic heterocycles. The topological polar surface area (TPSA) is 106 Å². The lowest BCUT2D eigenvalue weighted by molar-refractivity contribution is 0.0991. The Morgan fingerprint density at radius 2 is 1.57 bits per heavy atom. The highest BCUT2D eigenvalue weighted by molar-refractivity contribution is 6.07. The van der Waals surface area contributed by atoms with Crippen LogP contribution >= 0.6 is 0 Å². The average molecular weight is 554 g/mol. The second kappa shape index (κ2) is 11.8. The van der Waals surface area contributed by atoms with Gasteiger partial charge in [0.15, 0.2) is 0 Å². The van der Waals surface area contributed by atoms with Gasteiger partial charge >= 0.3 is 0 Å². The zero-order valence-electron chi connectivity index (χ0n) is 22.9. The predicted octanol–water partition coefficient (Wildman–Crippen LogP) is 5.66. The molecule has 0 bridgehead atoms. The van der Waals surface area contributed by atoms with Crippen molar-refractivity contribution in [3.05, 3.63) is 133 Å². The number of carbonyl (C=O) groups excluding carboxylic acids is 2. The first-order chi connectivity index (χ1) is 20.6. The van der Waals surface area contributed by atoms with Gasteiger partial charge in [0.1, 0.15) is 0 Å². The average Bonchev–Trinajstić information content (AvgIpc) is 3.40. The minimum Gasteiger partial charge on any atom is -0.311 e. The third kappa shape index (κ3) is 5.62. The van der Waals surface area contributed by atoms with Gasteiger partial charge < -0.3 is 9.47 Å². The summed E-state index contributed by atoms with van der Waals surface area (Å²) >= 11 is 0. The first kappa shape index (κ1) is 26.5. The van der Waals surface area contributed by atoms with Crippen molar-refractivity contribution in [3.63, 3.8) is 0 Å². The van der Waals surface area contributed by atoms with Crippen molar-refractivity contribution in [2.45, 2.75) is 13.0 Å². The van der Waals surface area contributed by atoms with E-state index in [0.29, 0.717) is 41.2 Å². The molecular formula is C33H27N7O2. The molecule has 0 radical (unpaired) electrons. The van der Waals surface area contributed by atoms with E-state index in [1.807, 2.05) is 71.4 Å². The molecule has 9 heteroatoms. The fourth-order valence-electron chi connectivity index (χ4n) is 4.76. The maximum Gasteiger partial charge on any atom is 0.259 e. The second-order valence-electron chi connectivity index (χ2n) is 9.76. The van der Waals surface area contributed by atoms with Crippen LogP contribution < -0.4 is 10.2 Å². The van der Waals surface area contributed by atoms with Crippen LogP contribution in [0, 0.1) is 0 Å². The number of hydrogen-bond acceptors (Lipinski definition) is 6. The van der Waals surface area contributed by atoms with Gasteiger partial charge in [0.2, 0.25) is 5.95 Å². The number of aromatic nitrogens is 5. The molecule has 0 atom stereocenters. The van der Waals surface area contributed by atoms with Crippen molar-refractivity contribution in [2.24, 2.45) is 0 Å². The predicted molar refractivity (Wildman–Crippen MR) is 162 cm³/mol. The van der Waals surface area contributed by atoms with Gasteiger partial charge in [-0.1, -0.05) is 30.3 Å². The highest BCUT2D eigenvalue weighted by Gasteiger charge is 2.19. The van der Waals surface area contributed by atoms with Gasteiger partial charge in [0, 0.05) is 73.2 Å². The summed E-state index contributed by atoms with van der Waals surface area (Å²) in [6.45, 7) is 0.559. The van der Waals surface area contributed by atoms with E-state index in [4.69, 9.17) is 4.98 Å². The Kier molecular flexibility index (Phi) is 7.46. The zero-order valence-corrected chi connectivity index (χ0v) is 22.9. The third-order valence-electron chi connectivity index (χ3n) is 7.01. The Bertz CT molecular complexity index is 1860. The molecule has 0 unspecified atom stereocenters. The van der Waals surface area contributed by atoms with Crippen LogP contribution in [0.25, 0.3) is 22.2 Å². The van der Waals surface area contributed by atoms with E-state index in [-0.39, 0.29) is 11.8 Å². The van der Waals surface area contributed by atoms with Crippen molar-refractivity contribution in [1.29, 1.82) is 0 Å². The summed E-state index contributed by atoms with van der Waals surface area (Å²) in [5, 5.41) is 2.99. The van der Waals surface area contributed by atoms with E-state index >= 15 is 0 Å². The van der Waals surface area contributed by atoms with Gasteiger partial charge in [-0.15, -0.1) is 0 Å². The molecule has 0 fully saturated rings. The first-order valence-corrected chi connectivity index (χ1v) is 13.5. The number of rotatable bonds is 8. The van der Waals surface area contributed by atoms with E-state index in [1.54, 1.807) is 54.9 Å². The van der Waals surface area contributed by atoms with Crippen molar-refractivity contribution in [1.82, 2.24) is 24.5 Å². The third-order valence-corrected chi connectivity index (χ3v) is 7.01. The smallest absolute Gasteiger partial charge is 0.259 e. The highest BCUT2D eigenvalue weighted by atomic mass is 16.2. The quantitative estimate of drug-likeness (QED) is 0.261. The number of anilines is 2. The summed E-state index contributed by atoms with van der Waals surface area (Å²) in [6, 6.07) is 24.3. The van der Waals surface area contributed by atoms with Gasteiger partial charge in [-0.2, -0.15) is 0 Å². The molecule has 2 aromatic carbocycles. The van der Waals surface area contributed by atoms with Crippen molar-refractivity contribution in [3.8, 4) is 11.1 Å². The van der Waals surface area contributed by atoms with Crippen LogP contribution in [0.3, 0.4) is 0 Å². The summed E-state index contributed by atoms with van der Waals surface area (Å²) in [4.78, 5) is 45.6. The van der Waals surface area contributed by atoms with Crippen LogP contribution in [0.5, 0.6) is 0 Å². The summed E-state index contributed by atoms with van der Waals surface area (Å²) in [6.07, 6.45) is 10.9. The molecule has 206 valence electrons. The molecule has 2 amide bonds. The number of pyridine rings is 3. The Morgan fingerprint density at radius 3 is 2.33 bits per heavy atom.